The van der Waals surface area contributed by atoms with Gasteiger partial charge in [0.2, 0.25) is 5.91 Å². The number of carbonyl (C=O) groups is 2. The maximum Gasteiger partial charge on any atom is 0.226 e. The highest BCUT2D eigenvalue weighted by Crippen LogP contribution is 2.12. The fourth-order valence-corrected chi connectivity index (χ4v) is 2.28. The van der Waals surface area contributed by atoms with Crippen LogP contribution in [0.5, 0.6) is 0 Å². The van der Waals surface area contributed by atoms with Gasteiger partial charge in [0.1, 0.15) is 0 Å². The summed E-state index contributed by atoms with van der Waals surface area (Å²) in [6.07, 6.45) is 0.421. The zero-order chi connectivity index (χ0) is 15.4. The highest BCUT2D eigenvalue weighted by atomic mass is 16.1. The Morgan fingerprint density at radius 1 is 1.00 bits per heavy atom. The summed E-state index contributed by atoms with van der Waals surface area (Å²) in [5, 5.41) is 2.85. The van der Waals surface area contributed by atoms with E-state index in [0.717, 1.165) is 11.4 Å². The Morgan fingerprint density at radius 2 is 1.57 bits per heavy atom. The molecule has 0 aliphatic carbocycles. The number of carbonyl (C=O) groups excluding carboxylic acids is 2. The molecule has 0 saturated heterocycles. The molecule has 0 unspecified atom stereocenters. The molecule has 0 atom stereocenters. The van der Waals surface area contributed by atoms with Crippen LogP contribution >= 0.6 is 0 Å². The van der Waals surface area contributed by atoms with Crippen LogP contribution in [-0.2, 0) is 11.3 Å². The summed E-state index contributed by atoms with van der Waals surface area (Å²) < 4.78 is 2.12. The Hall–Kier alpha value is -2.36. The van der Waals surface area contributed by atoms with Gasteiger partial charge in [-0.15, -0.1) is 0 Å². The van der Waals surface area contributed by atoms with E-state index in [1.165, 1.54) is 6.92 Å². The van der Waals surface area contributed by atoms with Gasteiger partial charge >= 0.3 is 0 Å². The Balaban J connectivity index is 1.91. The minimum Gasteiger partial charge on any atom is -0.349 e. The van der Waals surface area contributed by atoms with Crippen LogP contribution in [0.4, 0.5) is 5.69 Å². The van der Waals surface area contributed by atoms with E-state index in [1.54, 1.807) is 24.3 Å². The van der Waals surface area contributed by atoms with E-state index in [9.17, 15) is 9.59 Å². The van der Waals surface area contributed by atoms with Gasteiger partial charge in [-0.25, -0.2) is 0 Å². The summed E-state index contributed by atoms with van der Waals surface area (Å²) in [7, 11) is 0. The van der Waals surface area contributed by atoms with Gasteiger partial charge in [0, 0.05) is 35.6 Å². The smallest absolute Gasteiger partial charge is 0.226 e. The summed E-state index contributed by atoms with van der Waals surface area (Å²) >= 11 is 0. The van der Waals surface area contributed by atoms with E-state index in [2.05, 4.69) is 9.88 Å². The quantitative estimate of drug-likeness (QED) is 0.856. The molecule has 1 aromatic carbocycles. The largest absolute Gasteiger partial charge is 0.349 e. The molecular weight excluding hydrogens is 264 g/mol. The van der Waals surface area contributed by atoms with Crippen molar-refractivity contribution in [2.75, 3.05) is 5.32 Å². The summed E-state index contributed by atoms with van der Waals surface area (Å²) in [4.78, 5) is 23.1. The van der Waals surface area contributed by atoms with E-state index >= 15 is 0 Å². The topological polar surface area (TPSA) is 51.1 Å². The Bertz CT molecular complexity index is 634. The van der Waals surface area contributed by atoms with E-state index in [4.69, 9.17) is 0 Å². The summed E-state index contributed by atoms with van der Waals surface area (Å²) in [6, 6.07) is 11.0. The Morgan fingerprint density at radius 3 is 2.10 bits per heavy atom. The van der Waals surface area contributed by atoms with Crippen LogP contribution < -0.4 is 5.32 Å². The highest BCUT2D eigenvalue weighted by molar-refractivity contribution is 5.95. The molecule has 0 bridgehead atoms. The first-order chi connectivity index (χ1) is 9.97. The molecule has 2 rings (SSSR count). The van der Waals surface area contributed by atoms with Crippen LogP contribution in [-0.4, -0.2) is 16.3 Å². The van der Waals surface area contributed by atoms with E-state index in [-0.39, 0.29) is 11.7 Å². The van der Waals surface area contributed by atoms with Crippen molar-refractivity contribution in [2.24, 2.45) is 0 Å². The maximum atomic E-state index is 12.0. The zero-order valence-electron chi connectivity index (χ0n) is 12.6. The van der Waals surface area contributed by atoms with Gasteiger partial charge in [-0.1, -0.05) is 0 Å². The molecular formula is C17H20N2O2. The number of hydrogen-bond acceptors (Lipinski definition) is 2. The van der Waals surface area contributed by atoms with Gasteiger partial charge in [-0.05, 0) is 57.2 Å². The van der Waals surface area contributed by atoms with Gasteiger partial charge in [0.05, 0.1) is 0 Å². The van der Waals surface area contributed by atoms with Crippen LogP contribution in [0.2, 0.25) is 0 Å². The van der Waals surface area contributed by atoms with Crippen LogP contribution in [0.25, 0.3) is 0 Å². The van der Waals surface area contributed by atoms with E-state index < -0.39 is 0 Å². The summed E-state index contributed by atoms with van der Waals surface area (Å²) in [6.45, 7) is 6.26. The molecule has 0 aliphatic heterocycles. The predicted molar refractivity (Wildman–Crippen MR) is 83.6 cm³/mol. The minimum absolute atomic E-state index is 0.0198. The molecule has 1 amide bonds. The Labute approximate surface area is 124 Å². The molecule has 0 fully saturated rings. The highest BCUT2D eigenvalue weighted by Gasteiger charge is 2.06. The molecule has 4 heteroatoms. The van der Waals surface area contributed by atoms with Crippen molar-refractivity contribution in [3.8, 4) is 0 Å². The Kier molecular flexibility index (Phi) is 4.58. The van der Waals surface area contributed by atoms with Crippen molar-refractivity contribution in [1.29, 1.82) is 0 Å². The van der Waals surface area contributed by atoms with Gasteiger partial charge in [0.15, 0.2) is 5.78 Å². The first-order valence-corrected chi connectivity index (χ1v) is 7.01. The molecule has 110 valence electrons. The van der Waals surface area contributed by atoms with Crippen molar-refractivity contribution in [2.45, 2.75) is 33.7 Å². The third-order valence-corrected chi connectivity index (χ3v) is 3.55. The number of aryl methyl sites for hydroxylation is 2. The average molecular weight is 284 g/mol. The monoisotopic (exact) mass is 284 g/mol. The van der Waals surface area contributed by atoms with Gasteiger partial charge in [-0.2, -0.15) is 0 Å². The number of hydrogen-bond donors (Lipinski definition) is 1. The molecule has 2 aromatic rings. The summed E-state index contributed by atoms with van der Waals surface area (Å²) in [5.74, 6) is -0.00971. The number of amides is 1. The van der Waals surface area contributed by atoms with Crippen molar-refractivity contribution in [3.05, 3.63) is 53.3 Å². The fraction of sp³-hybridized carbons (Fsp3) is 0.294. The fourth-order valence-electron chi connectivity index (χ4n) is 2.28. The maximum absolute atomic E-state index is 12.0. The van der Waals surface area contributed by atoms with Crippen LogP contribution in [0.15, 0.2) is 36.4 Å². The second-order valence-electron chi connectivity index (χ2n) is 5.20. The zero-order valence-corrected chi connectivity index (χ0v) is 12.6. The third-order valence-electron chi connectivity index (χ3n) is 3.55. The van der Waals surface area contributed by atoms with Crippen LogP contribution in [0.3, 0.4) is 0 Å². The first kappa shape index (κ1) is 15.0. The lowest BCUT2D eigenvalue weighted by molar-refractivity contribution is -0.116. The van der Waals surface area contributed by atoms with Gasteiger partial charge in [0.25, 0.3) is 0 Å². The number of anilines is 1. The lowest BCUT2D eigenvalue weighted by Crippen LogP contribution is -2.15. The van der Waals surface area contributed by atoms with Gasteiger partial charge < -0.3 is 9.88 Å². The lowest BCUT2D eigenvalue weighted by atomic mass is 10.1. The number of Topliss-reactive ketones (excluding diaryl/α,β-unsaturated/α-hetero) is 1. The number of nitrogens with zero attached hydrogens (tertiary/aromatic N) is 1. The number of ketones is 1. The molecule has 1 heterocycles. The molecule has 0 spiro atoms. The van der Waals surface area contributed by atoms with Gasteiger partial charge in [-0.3, -0.25) is 9.59 Å². The number of nitrogens with one attached hydrogen (secondary N) is 1. The number of benzene rings is 1. The third kappa shape index (κ3) is 3.81. The molecule has 4 nitrogen and oxygen atoms in total. The molecule has 0 aliphatic rings. The number of rotatable bonds is 5. The van der Waals surface area contributed by atoms with Crippen LogP contribution in [0.1, 0.15) is 35.1 Å². The minimum atomic E-state index is -0.0296. The second-order valence-corrected chi connectivity index (χ2v) is 5.20. The second kappa shape index (κ2) is 6.39. The molecule has 1 N–H and O–H groups in total. The van der Waals surface area contributed by atoms with E-state index in [1.807, 2.05) is 26.0 Å². The molecule has 1 aromatic heterocycles. The van der Waals surface area contributed by atoms with Crippen LogP contribution in [0, 0.1) is 13.8 Å². The predicted octanol–water partition coefficient (Wildman–Crippen LogP) is 3.34. The average Bonchev–Trinajstić information content (AvgIpc) is 2.76. The van der Waals surface area contributed by atoms with Crippen molar-refractivity contribution >= 4 is 17.4 Å². The molecule has 0 saturated carbocycles. The standard InChI is InChI=1S/C17H20N2O2/c1-12-4-5-13(2)19(12)11-10-17(21)18-16-8-6-15(7-9-16)14(3)20/h4-9H,10-11H2,1-3H3,(H,18,21). The molecule has 0 radical (unpaired) electrons. The summed E-state index contributed by atoms with van der Waals surface area (Å²) in [5.41, 5.74) is 3.68. The van der Waals surface area contributed by atoms with Crippen molar-refractivity contribution < 1.29 is 9.59 Å². The number of aromatic nitrogens is 1. The lowest BCUT2D eigenvalue weighted by Gasteiger charge is -2.10. The van der Waals surface area contributed by atoms with E-state index in [0.29, 0.717) is 24.2 Å². The first-order valence-electron chi connectivity index (χ1n) is 7.01. The normalized spacial score (nSPS) is 10.4. The molecule has 21 heavy (non-hydrogen) atoms. The van der Waals surface area contributed by atoms with Crippen molar-refractivity contribution in [1.82, 2.24) is 4.57 Å². The SMILES string of the molecule is CC(=O)c1ccc(NC(=O)CCn2c(C)ccc2C)cc1. The van der Waals surface area contributed by atoms with Crippen molar-refractivity contribution in [3.63, 3.8) is 0 Å².